The number of rotatable bonds is 3. The molecule has 39 heavy (non-hydrogen) atoms. The summed E-state index contributed by atoms with van der Waals surface area (Å²) in [6.45, 7) is 9.78. The highest BCUT2D eigenvalue weighted by Crippen LogP contribution is 2.64. The van der Waals surface area contributed by atoms with Gasteiger partial charge in [-0.1, -0.05) is 39.0 Å². The quantitative estimate of drug-likeness (QED) is 0.388. The van der Waals surface area contributed by atoms with Gasteiger partial charge in [0.05, 0.1) is 35.7 Å². The zero-order chi connectivity index (χ0) is 28.7. The van der Waals surface area contributed by atoms with E-state index in [0.717, 1.165) is 0 Å². The average Bonchev–Trinajstić information content (AvgIpc) is 2.87. The molecule has 1 aliphatic heterocycles. The Labute approximate surface area is 228 Å². The molecule has 0 spiro atoms. The number of aliphatic hydroxyl groups excluding tert-OH is 2. The fraction of sp³-hybridized carbons (Fsp3) is 0.633. The van der Waals surface area contributed by atoms with E-state index < -0.39 is 70.2 Å². The average molecular weight is 543 g/mol. The third-order valence-electron chi connectivity index (χ3n) is 10.2. The van der Waals surface area contributed by atoms with Gasteiger partial charge in [-0.3, -0.25) is 9.59 Å². The minimum absolute atomic E-state index is 0.0283. The molecule has 0 aromatic heterocycles. The Balaban J connectivity index is 1.81. The number of hydrogen-bond donors (Lipinski definition) is 3. The fourth-order valence-corrected chi connectivity index (χ4v) is 8.16. The molecular formula is C30H38O9. The number of benzene rings is 1. The number of Topliss-reactive ketones (excluding diaryl/α,β-unsaturated/α-hetero) is 1. The lowest BCUT2D eigenvalue weighted by molar-refractivity contribution is -0.345. The van der Waals surface area contributed by atoms with Crippen molar-refractivity contribution in [2.75, 3.05) is 6.61 Å². The Morgan fingerprint density at radius 3 is 2.31 bits per heavy atom. The van der Waals surface area contributed by atoms with Crippen LogP contribution in [0.5, 0.6) is 0 Å². The number of ether oxygens (including phenoxy) is 3. The highest BCUT2D eigenvalue weighted by Gasteiger charge is 2.77. The van der Waals surface area contributed by atoms with Crippen LogP contribution in [0.15, 0.2) is 41.5 Å². The maximum atomic E-state index is 14.5. The fourth-order valence-electron chi connectivity index (χ4n) is 8.16. The number of carbonyl (C=O) groups is 3. The molecule has 3 N–H and O–H groups in total. The predicted octanol–water partition coefficient (Wildman–Crippen LogP) is 2.36. The minimum Gasteiger partial charge on any atom is -0.455 e. The molecule has 0 unspecified atom stereocenters. The summed E-state index contributed by atoms with van der Waals surface area (Å²) >= 11 is 0. The summed E-state index contributed by atoms with van der Waals surface area (Å²) in [5.74, 6) is -3.66. The summed E-state index contributed by atoms with van der Waals surface area (Å²) in [5.41, 5.74) is -4.73. The van der Waals surface area contributed by atoms with Crippen LogP contribution in [0.3, 0.4) is 0 Å². The van der Waals surface area contributed by atoms with Crippen LogP contribution in [0.1, 0.15) is 64.7 Å². The summed E-state index contributed by atoms with van der Waals surface area (Å²) in [6.07, 6.45) is -4.73. The van der Waals surface area contributed by atoms with E-state index in [4.69, 9.17) is 14.2 Å². The van der Waals surface area contributed by atoms with E-state index in [1.165, 1.54) is 6.92 Å². The molecule has 2 bridgehead atoms. The van der Waals surface area contributed by atoms with Gasteiger partial charge in [0.15, 0.2) is 5.60 Å². The first-order valence-electron chi connectivity index (χ1n) is 13.5. The van der Waals surface area contributed by atoms with Crippen molar-refractivity contribution in [2.24, 2.45) is 22.7 Å². The monoisotopic (exact) mass is 542 g/mol. The van der Waals surface area contributed by atoms with E-state index in [1.54, 1.807) is 65.0 Å². The second kappa shape index (κ2) is 8.96. The molecule has 4 aliphatic rings. The molecule has 1 aromatic rings. The maximum Gasteiger partial charge on any atom is 0.338 e. The zero-order valence-corrected chi connectivity index (χ0v) is 23.3. The van der Waals surface area contributed by atoms with Gasteiger partial charge in [-0.25, -0.2) is 4.79 Å². The molecule has 1 aromatic carbocycles. The van der Waals surface area contributed by atoms with Crippen LogP contribution in [-0.4, -0.2) is 75.3 Å². The second-order valence-electron chi connectivity index (χ2n) is 12.5. The summed E-state index contributed by atoms with van der Waals surface area (Å²) in [5, 5.41) is 35.5. The van der Waals surface area contributed by atoms with Crippen LogP contribution in [0.2, 0.25) is 0 Å². The highest BCUT2D eigenvalue weighted by molar-refractivity contribution is 5.92. The van der Waals surface area contributed by atoms with Gasteiger partial charge in [0.2, 0.25) is 0 Å². The molecule has 0 amide bonds. The lowest BCUT2D eigenvalue weighted by Crippen LogP contribution is -2.81. The summed E-state index contributed by atoms with van der Waals surface area (Å²) in [6, 6.07) is 8.26. The topological polar surface area (TPSA) is 140 Å². The first-order valence-corrected chi connectivity index (χ1v) is 13.5. The third-order valence-corrected chi connectivity index (χ3v) is 10.2. The van der Waals surface area contributed by atoms with Crippen molar-refractivity contribution in [3.63, 3.8) is 0 Å². The Kier molecular flexibility index (Phi) is 6.42. The molecule has 9 atom stereocenters. The number of fused-ring (bicyclic) bond motifs is 5. The smallest absolute Gasteiger partial charge is 0.338 e. The molecule has 1 heterocycles. The van der Waals surface area contributed by atoms with Crippen molar-refractivity contribution in [2.45, 2.75) is 90.0 Å². The van der Waals surface area contributed by atoms with Crippen LogP contribution in [-0.2, 0) is 23.8 Å². The molecule has 5 rings (SSSR count). The van der Waals surface area contributed by atoms with E-state index in [1.807, 2.05) is 0 Å². The minimum atomic E-state index is -1.91. The van der Waals surface area contributed by atoms with Gasteiger partial charge in [0, 0.05) is 31.1 Å². The van der Waals surface area contributed by atoms with E-state index in [0.29, 0.717) is 11.1 Å². The molecule has 9 heteroatoms. The molecule has 3 fully saturated rings. The first-order chi connectivity index (χ1) is 18.1. The summed E-state index contributed by atoms with van der Waals surface area (Å²) in [7, 11) is 0. The lowest BCUT2D eigenvalue weighted by Gasteiger charge is -2.67. The zero-order valence-electron chi connectivity index (χ0n) is 23.3. The Morgan fingerprint density at radius 1 is 1.10 bits per heavy atom. The Morgan fingerprint density at radius 2 is 1.74 bits per heavy atom. The number of esters is 2. The molecule has 3 aliphatic carbocycles. The van der Waals surface area contributed by atoms with E-state index in [9.17, 15) is 29.7 Å². The van der Waals surface area contributed by atoms with Crippen LogP contribution < -0.4 is 0 Å². The second-order valence-corrected chi connectivity index (χ2v) is 12.5. The molecule has 0 radical (unpaired) electrons. The van der Waals surface area contributed by atoms with Crippen molar-refractivity contribution >= 4 is 17.7 Å². The Bertz CT molecular complexity index is 1240. The highest BCUT2D eigenvalue weighted by atomic mass is 16.6. The van der Waals surface area contributed by atoms with Crippen LogP contribution in [0.25, 0.3) is 0 Å². The standard InChI is InChI=1S/C30H38O9/c1-15-19(32)13-30(36)25(38-26(35)18-10-8-7-9-11-18)23-28(6,24(34)16(2)22(15)27(30,4)5)20(33)12-21-29(23,14-37-21)39-17(3)31/h7-11,16,19-21,23,25,32-33,36H,12-14H2,1-6H3/t16-,19+,20-,21-,23+,25+,28-,29+,30-/m1/s1. The molecule has 9 nitrogen and oxygen atoms in total. The normalized spacial score (nSPS) is 42.7. The van der Waals surface area contributed by atoms with E-state index >= 15 is 0 Å². The number of carbonyl (C=O) groups excluding carboxylic acids is 3. The lowest BCUT2D eigenvalue weighted by atomic mass is 9.43. The van der Waals surface area contributed by atoms with Crippen molar-refractivity contribution in [1.82, 2.24) is 0 Å². The number of hydrogen-bond acceptors (Lipinski definition) is 9. The number of ketones is 1. The van der Waals surface area contributed by atoms with Gasteiger partial charge in [-0.05, 0) is 37.1 Å². The largest absolute Gasteiger partial charge is 0.455 e. The summed E-state index contributed by atoms with van der Waals surface area (Å²) in [4.78, 5) is 40.6. The van der Waals surface area contributed by atoms with Gasteiger partial charge in [-0.2, -0.15) is 0 Å². The molecular weight excluding hydrogens is 504 g/mol. The summed E-state index contributed by atoms with van der Waals surface area (Å²) < 4.78 is 17.9. The van der Waals surface area contributed by atoms with Gasteiger partial charge in [-0.15, -0.1) is 0 Å². The van der Waals surface area contributed by atoms with Crippen molar-refractivity contribution in [3.05, 3.63) is 47.0 Å². The molecule has 212 valence electrons. The van der Waals surface area contributed by atoms with Gasteiger partial charge >= 0.3 is 11.9 Å². The van der Waals surface area contributed by atoms with Crippen LogP contribution in [0, 0.1) is 22.7 Å². The van der Waals surface area contributed by atoms with Crippen molar-refractivity contribution < 1.29 is 43.9 Å². The maximum absolute atomic E-state index is 14.5. The van der Waals surface area contributed by atoms with E-state index in [-0.39, 0.29) is 30.8 Å². The van der Waals surface area contributed by atoms with Crippen LogP contribution >= 0.6 is 0 Å². The number of aliphatic hydroxyl groups is 3. The van der Waals surface area contributed by atoms with Gasteiger partial charge < -0.3 is 29.5 Å². The Hall–Kier alpha value is -2.59. The predicted molar refractivity (Wildman–Crippen MR) is 138 cm³/mol. The van der Waals surface area contributed by atoms with E-state index in [2.05, 4.69) is 0 Å². The van der Waals surface area contributed by atoms with Crippen LogP contribution in [0.4, 0.5) is 0 Å². The van der Waals surface area contributed by atoms with Gasteiger partial charge in [0.25, 0.3) is 0 Å². The first kappa shape index (κ1) is 28.0. The van der Waals surface area contributed by atoms with Crippen molar-refractivity contribution in [1.29, 1.82) is 0 Å². The molecule has 2 saturated carbocycles. The third kappa shape index (κ3) is 3.63. The molecule has 1 saturated heterocycles. The van der Waals surface area contributed by atoms with Gasteiger partial charge in [0.1, 0.15) is 23.6 Å². The SMILES string of the molecule is CC(=O)O[C@@]12CO[C@@H]1C[C@@H](O)[C@@]1(C)C(=O)[C@H](C)C3=C(C)[C@@H](O)C[C@@](O)([C@@H](OC(=O)c4ccccc4)[C@H]21)C3(C)C. The van der Waals surface area contributed by atoms with Crippen molar-refractivity contribution in [3.8, 4) is 0 Å².